The molecule has 0 aromatic carbocycles. The van der Waals surface area contributed by atoms with Gasteiger partial charge in [0.2, 0.25) is 0 Å². The molecular weight excluding hydrogens is 209 g/mol. The lowest BCUT2D eigenvalue weighted by Gasteiger charge is -2.08. The Balaban J connectivity index is 0.000000921. The van der Waals surface area contributed by atoms with Crippen LogP contribution in [0.25, 0.3) is 12.2 Å². The molecule has 0 aliphatic heterocycles. The Hall–Kier alpha value is -1.02. The summed E-state index contributed by atoms with van der Waals surface area (Å²) < 4.78 is 0. The normalized spacial score (nSPS) is 9.13. The molecule has 15 heavy (non-hydrogen) atoms. The first kappa shape index (κ1) is 14.0. The molecule has 0 bridgehead atoms. The second-order valence-corrected chi connectivity index (χ2v) is 3.39. The van der Waals surface area contributed by atoms with Gasteiger partial charge in [0.15, 0.2) is 8.38 Å². The Morgan fingerprint density at radius 2 is 1.87 bits per heavy atom. The standard InChI is InChI=1S/C9H10NO2P.C2H6/c1-3-7-8(4-2)10-6-5-9(7)13(11)12;1-2/h3-6,11-12H,1-2H2;1-2H3. The van der Waals surface area contributed by atoms with Crippen LogP contribution < -0.4 is 5.30 Å². The van der Waals surface area contributed by atoms with Crippen LogP contribution in [0.2, 0.25) is 0 Å². The van der Waals surface area contributed by atoms with Crippen molar-refractivity contribution in [1.82, 2.24) is 4.98 Å². The van der Waals surface area contributed by atoms with Gasteiger partial charge in [0.1, 0.15) is 0 Å². The number of hydrogen-bond donors (Lipinski definition) is 2. The van der Waals surface area contributed by atoms with Crippen LogP contribution in [0.4, 0.5) is 0 Å². The molecule has 82 valence electrons. The van der Waals surface area contributed by atoms with E-state index < -0.39 is 8.38 Å². The van der Waals surface area contributed by atoms with Crippen LogP contribution in [-0.2, 0) is 0 Å². The largest absolute Gasteiger partial charge is 0.347 e. The van der Waals surface area contributed by atoms with Gasteiger partial charge in [-0.3, -0.25) is 4.98 Å². The zero-order valence-corrected chi connectivity index (χ0v) is 9.91. The highest BCUT2D eigenvalue weighted by Gasteiger charge is 2.10. The van der Waals surface area contributed by atoms with Gasteiger partial charge >= 0.3 is 0 Å². The van der Waals surface area contributed by atoms with E-state index in [0.717, 1.165) is 0 Å². The summed E-state index contributed by atoms with van der Waals surface area (Å²) in [5.41, 5.74) is 1.25. The molecule has 0 aliphatic rings. The third-order valence-corrected chi connectivity index (χ3v) is 2.43. The Morgan fingerprint density at radius 3 is 2.27 bits per heavy atom. The summed E-state index contributed by atoms with van der Waals surface area (Å²) in [6.45, 7) is 11.2. The van der Waals surface area contributed by atoms with E-state index >= 15 is 0 Å². The van der Waals surface area contributed by atoms with Crippen LogP contribution in [0, 0.1) is 0 Å². The van der Waals surface area contributed by atoms with Gasteiger partial charge in [-0.15, -0.1) is 0 Å². The molecule has 2 N–H and O–H groups in total. The fraction of sp³-hybridized carbons (Fsp3) is 0.182. The maximum atomic E-state index is 9.07. The molecule has 1 rings (SSSR count). The van der Waals surface area contributed by atoms with E-state index in [1.54, 1.807) is 18.2 Å². The van der Waals surface area contributed by atoms with Crippen molar-refractivity contribution in [3.63, 3.8) is 0 Å². The van der Waals surface area contributed by atoms with Crippen molar-refractivity contribution in [2.75, 3.05) is 0 Å². The quantitative estimate of drug-likeness (QED) is 0.776. The Kier molecular flexibility index (Phi) is 6.80. The average Bonchev–Trinajstić information content (AvgIpc) is 2.30. The minimum Gasteiger partial charge on any atom is -0.347 e. The molecule has 0 atom stereocenters. The third kappa shape index (κ3) is 3.56. The molecule has 1 aromatic rings. The summed E-state index contributed by atoms with van der Waals surface area (Å²) >= 11 is 0. The van der Waals surface area contributed by atoms with E-state index in [4.69, 9.17) is 9.79 Å². The minimum absolute atomic E-state index is 0.454. The number of pyridine rings is 1. The maximum Gasteiger partial charge on any atom is 0.200 e. The van der Waals surface area contributed by atoms with Gasteiger partial charge in [0.25, 0.3) is 0 Å². The Bertz CT molecular complexity index is 337. The third-order valence-electron chi connectivity index (χ3n) is 1.61. The van der Waals surface area contributed by atoms with Crippen LogP contribution in [0.5, 0.6) is 0 Å². The molecule has 3 nitrogen and oxygen atoms in total. The van der Waals surface area contributed by atoms with Crippen LogP contribution in [0.15, 0.2) is 25.4 Å². The first-order valence-corrected chi connectivity index (χ1v) is 5.87. The van der Waals surface area contributed by atoms with Crippen molar-refractivity contribution >= 4 is 25.8 Å². The molecule has 0 spiro atoms. The zero-order valence-electron chi connectivity index (χ0n) is 9.01. The monoisotopic (exact) mass is 225 g/mol. The van der Waals surface area contributed by atoms with E-state index in [-0.39, 0.29) is 0 Å². The number of aromatic nitrogens is 1. The predicted molar refractivity (Wildman–Crippen MR) is 66.8 cm³/mol. The molecule has 4 heteroatoms. The van der Waals surface area contributed by atoms with Crippen LogP contribution >= 0.6 is 8.38 Å². The fourth-order valence-corrected chi connectivity index (χ4v) is 1.65. The smallest absolute Gasteiger partial charge is 0.200 e. The lowest BCUT2D eigenvalue weighted by molar-refractivity contribution is 0.497. The zero-order chi connectivity index (χ0) is 11.8. The van der Waals surface area contributed by atoms with Crippen LogP contribution in [0.1, 0.15) is 25.1 Å². The Labute approximate surface area is 91.7 Å². The maximum absolute atomic E-state index is 9.07. The van der Waals surface area contributed by atoms with Gasteiger partial charge in [0.05, 0.1) is 5.69 Å². The van der Waals surface area contributed by atoms with Crippen LogP contribution in [0.3, 0.4) is 0 Å². The van der Waals surface area contributed by atoms with Gasteiger partial charge in [-0.2, -0.15) is 0 Å². The fourth-order valence-electron chi connectivity index (χ4n) is 1.02. The summed E-state index contributed by atoms with van der Waals surface area (Å²) in [5, 5.41) is 0.454. The van der Waals surface area contributed by atoms with Gasteiger partial charge < -0.3 is 9.79 Å². The minimum atomic E-state index is -2.10. The van der Waals surface area contributed by atoms with Crippen LogP contribution in [-0.4, -0.2) is 14.8 Å². The molecule has 0 unspecified atom stereocenters. The van der Waals surface area contributed by atoms with Gasteiger partial charge in [0, 0.05) is 17.1 Å². The van der Waals surface area contributed by atoms with Gasteiger partial charge in [-0.25, -0.2) is 0 Å². The summed E-state index contributed by atoms with van der Waals surface area (Å²) in [6, 6.07) is 1.57. The molecular formula is C11H16NO2P. The van der Waals surface area contributed by atoms with E-state index in [1.165, 1.54) is 6.20 Å². The number of hydrogen-bond acceptors (Lipinski definition) is 3. The molecule has 1 heterocycles. The van der Waals surface area contributed by atoms with Crippen molar-refractivity contribution in [1.29, 1.82) is 0 Å². The highest BCUT2D eigenvalue weighted by molar-refractivity contribution is 7.54. The lowest BCUT2D eigenvalue weighted by atomic mass is 10.2. The second-order valence-electron chi connectivity index (χ2n) is 2.33. The van der Waals surface area contributed by atoms with Crippen molar-refractivity contribution < 1.29 is 9.79 Å². The molecule has 0 radical (unpaired) electrons. The highest BCUT2D eigenvalue weighted by atomic mass is 31.2. The highest BCUT2D eigenvalue weighted by Crippen LogP contribution is 2.25. The summed E-state index contributed by atoms with van der Waals surface area (Å²) in [4.78, 5) is 22.1. The van der Waals surface area contributed by atoms with E-state index in [0.29, 0.717) is 16.6 Å². The average molecular weight is 225 g/mol. The summed E-state index contributed by atoms with van der Waals surface area (Å²) in [5.74, 6) is 0. The first-order valence-electron chi connectivity index (χ1n) is 4.62. The molecule has 1 aromatic heterocycles. The van der Waals surface area contributed by atoms with Crippen molar-refractivity contribution in [2.45, 2.75) is 13.8 Å². The van der Waals surface area contributed by atoms with Gasteiger partial charge in [-0.1, -0.05) is 33.1 Å². The van der Waals surface area contributed by atoms with Crippen molar-refractivity contribution in [3.8, 4) is 0 Å². The Morgan fingerprint density at radius 1 is 1.27 bits per heavy atom. The lowest BCUT2D eigenvalue weighted by Crippen LogP contribution is -2.07. The molecule has 0 saturated carbocycles. The topological polar surface area (TPSA) is 53.4 Å². The van der Waals surface area contributed by atoms with E-state index in [9.17, 15) is 0 Å². The molecule has 0 amide bonds. The summed E-state index contributed by atoms with van der Waals surface area (Å²) in [6.07, 6.45) is 4.61. The van der Waals surface area contributed by atoms with E-state index in [1.807, 2.05) is 13.8 Å². The van der Waals surface area contributed by atoms with Crippen molar-refractivity contribution in [3.05, 3.63) is 36.7 Å². The van der Waals surface area contributed by atoms with Crippen molar-refractivity contribution in [2.24, 2.45) is 0 Å². The van der Waals surface area contributed by atoms with E-state index in [2.05, 4.69) is 18.1 Å². The SMILES string of the molecule is C=Cc1nccc(P(O)O)c1C=C.CC. The number of rotatable bonds is 3. The first-order chi connectivity index (χ1) is 7.20. The second kappa shape index (κ2) is 7.30. The number of nitrogens with zero attached hydrogens (tertiary/aromatic N) is 1. The van der Waals surface area contributed by atoms with Gasteiger partial charge in [-0.05, 0) is 12.1 Å². The predicted octanol–water partition coefficient (Wildman–Crippen LogP) is 2.32. The molecule has 0 saturated heterocycles. The summed E-state index contributed by atoms with van der Waals surface area (Å²) in [7, 11) is -2.10. The molecule has 0 aliphatic carbocycles. The molecule has 0 fully saturated rings.